The van der Waals surface area contributed by atoms with E-state index in [1.807, 2.05) is 4.72 Å². The molecule has 0 spiro atoms. The number of hydrogen-bond donors (Lipinski definition) is 1. The molecule has 0 aliphatic carbocycles. The molecule has 0 aromatic heterocycles. The van der Waals surface area contributed by atoms with Crippen LogP contribution in [0.15, 0.2) is 39.4 Å². The molecule has 0 unspecified atom stereocenters. The highest BCUT2D eigenvalue weighted by Gasteiger charge is 2.65. The van der Waals surface area contributed by atoms with Crippen LogP contribution >= 0.6 is 0 Å². The van der Waals surface area contributed by atoms with E-state index in [0.717, 1.165) is 24.3 Å². The van der Waals surface area contributed by atoms with Crippen molar-refractivity contribution in [2.24, 2.45) is 10.2 Å². The summed E-state index contributed by atoms with van der Waals surface area (Å²) in [6.07, 6.45) is -4.17. The van der Waals surface area contributed by atoms with Gasteiger partial charge in [-0.3, -0.25) is 4.79 Å². The highest BCUT2D eigenvalue weighted by Crippen LogP contribution is 2.52. The summed E-state index contributed by atoms with van der Waals surface area (Å²) in [5.74, 6) is -0.675. The predicted octanol–water partition coefficient (Wildman–Crippen LogP) is 2.47. The Balaban J connectivity index is 2.21. The first-order valence-electron chi connectivity index (χ1n) is 6.29. The summed E-state index contributed by atoms with van der Waals surface area (Å²) in [7, 11) is -4.10. The molecule has 120 valence electrons. The highest BCUT2D eigenvalue weighted by molar-refractivity contribution is 7.90. The summed E-state index contributed by atoms with van der Waals surface area (Å²) < 4.78 is 64.1. The largest absolute Gasteiger partial charge is 0.442 e. The third kappa shape index (κ3) is 2.96. The van der Waals surface area contributed by atoms with Gasteiger partial charge in [0.25, 0.3) is 10.0 Å². The van der Waals surface area contributed by atoms with Crippen LogP contribution in [0.3, 0.4) is 0 Å². The van der Waals surface area contributed by atoms with E-state index in [9.17, 15) is 26.4 Å². The summed E-state index contributed by atoms with van der Waals surface area (Å²) >= 11 is 0. The second kappa shape index (κ2) is 5.34. The van der Waals surface area contributed by atoms with E-state index in [1.165, 1.54) is 0 Å². The zero-order valence-electron chi connectivity index (χ0n) is 11.4. The number of halogens is 3. The second-order valence-electron chi connectivity index (χ2n) is 4.67. The summed E-state index contributed by atoms with van der Waals surface area (Å²) in [4.78, 5) is 11.0. The molecule has 1 aliphatic heterocycles. The average molecular weight is 335 g/mol. The Morgan fingerprint density at radius 3 is 2.18 bits per heavy atom. The molecule has 0 saturated carbocycles. The zero-order valence-corrected chi connectivity index (χ0v) is 12.2. The second-order valence-corrected chi connectivity index (χ2v) is 6.36. The Hall–Kier alpha value is -1.97. The molecule has 0 bridgehead atoms. The smallest absolute Gasteiger partial charge is 0.274 e. The van der Waals surface area contributed by atoms with Crippen LogP contribution in [0.2, 0.25) is 0 Å². The van der Waals surface area contributed by atoms with Gasteiger partial charge in [0.2, 0.25) is 5.91 Å². The Labute approximate surface area is 124 Å². The van der Waals surface area contributed by atoms with Crippen molar-refractivity contribution in [3.63, 3.8) is 0 Å². The number of nitrogens with zero attached hydrogens (tertiary/aromatic N) is 2. The van der Waals surface area contributed by atoms with E-state index >= 15 is 0 Å². The van der Waals surface area contributed by atoms with E-state index in [-0.39, 0.29) is 16.9 Å². The lowest BCUT2D eigenvalue weighted by Crippen LogP contribution is -2.31. The quantitative estimate of drug-likeness (QED) is 0.896. The van der Waals surface area contributed by atoms with Gasteiger partial charge in [-0.25, -0.2) is 13.1 Å². The van der Waals surface area contributed by atoms with Gasteiger partial charge in [-0.05, 0) is 18.6 Å². The molecule has 1 aliphatic rings. The predicted molar refractivity (Wildman–Crippen MR) is 69.3 cm³/mol. The number of carbonyl (C=O) groups is 1. The Bertz CT molecular complexity index is 705. The van der Waals surface area contributed by atoms with Gasteiger partial charge >= 0.3 is 11.8 Å². The van der Waals surface area contributed by atoms with E-state index in [2.05, 4.69) is 10.2 Å². The van der Waals surface area contributed by atoms with Crippen molar-refractivity contribution in [1.82, 2.24) is 4.72 Å². The number of amides is 1. The molecule has 10 heteroatoms. The summed E-state index contributed by atoms with van der Waals surface area (Å²) in [5, 5.41) is 6.04. The van der Waals surface area contributed by atoms with Gasteiger partial charge in [0, 0.05) is 12.0 Å². The van der Waals surface area contributed by atoms with E-state index in [1.54, 1.807) is 6.92 Å². The molecule has 0 radical (unpaired) electrons. The molecule has 0 atom stereocenters. The Morgan fingerprint density at radius 2 is 1.77 bits per heavy atom. The number of carbonyl (C=O) groups excluding carboxylic acids is 1. The lowest BCUT2D eigenvalue weighted by atomic mass is 10.0. The van der Waals surface area contributed by atoms with Gasteiger partial charge in [0.1, 0.15) is 0 Å². The maximum absolute atomic E-state index is 12.8. The normalized spacial score (nSPS) is 16.4. The van der Waals surface area contributed by atoms with Gasteiger partial charge in [0.15, 0.2) is 0 Å². The van der Waals surface area contributed by atoms with Gasteiger partial charge < -0.3 is 0 Å². The van der Waals surface area contributed by atoms with Crippen molar-refractivity contribution in [3.05, 3.63) is 29.8 Å². The van der Waals surface area contributed by atoms with Crippen molar-refractivity contribution in [3.8, 4) is 0 Å². The maximum Gasteiger partial charge on any atom is 0.442 e. The monoisotopic (exact) mass is 335 g/mol. The number of benzene rings is 1. The van der Waals surface area contributed by atoms with Crippen LogP contribution in [-0.4, -0.2) is 20.5 Å². The standard InChI is InChI=1S/C12H12F3N3O3S/c1-2-3-10(19)16-22(20,21)9-6-4-8(5-7-9)11(17-18-11)12(13,14)15/h4-7H,2-3H2,1H3,(H,16,19). The molecule has 0 fully saturated rings. The van der Waals surface area contributed by atoms with E-state index < -0.39 is 27.8 Å². The lowest BCUT2D eigenvalue weighted by molar-refractivity contribution is -0.166. The number of hydrogen-bond acceptors (Lipinski definition) is 5. The molecule has 1 heterocycles. The molecular weight excluding hydrogens is 323 g/mol. The minimum absolute atomic E-state index is 0.0340. The fourth-order valence-electron chi connectivity index (χ4n) is 1.80. The van der Waals surface area contributed by atoms with Crippen LogP contribution in [0.25, 0.3) is 0 Å². The van der Waals surface area contributed by atoms with Gasteiger partial charge in [-0.1, -0.05) is 19.1 Å². The van der Waals surface area contributed by atoms with Crippen LogP contribution in [0.1, 0.15) is 25.3 Å². The molecule has 0 saturated heterocycles. The molecule has 1 aromatic rings. The van der Waals surface area contributed by atoms with Gasteiger partial charge in [-0.15, -0.1) is 10.2 Å². The van der Waals surface area contributed by atoms with Crippen molar-refractivity contribution in [2.75, 3.05) is 0 Å². The number of nitrogens with one attached hydrogen (secondary N) is 1. The van der Waals surface area contributed by atoms with Crippen molar-refractivity contribution in [2.45, 2.75) is 36.5 Å². The molecule has 2 rings (SSSR count). The lowest BCUT2D eigenvalue weighted by Gasteiger charge is -2.15. The highest BCUT2D eigenvalue weighted by atomic mass is 32.2. The van der Waals surface area contributed by atoms with E-state index in [4.69, 9.17) is 0 Å². The zero-order chi connectivity index (χ0) is 16.6. The number of rotatable bonds is 5. The number of alkyl halides is 3. The third-order valence-electron chi connectivity index (χ3n) is 2.99. The topological polar surface area (TPSA) is 88.0 Å². The third-order valence-corrected chi connectivity index (χ3v) is 4.38. The fourth-order valence-corrected chi connectivity index (χ4v) is 2.81. The van der Waals surface area contributed by atoms with Gasteiger partial charge in [-0.2, -0.15) is 13.2 Å². The molecule has 22 heavy (non-hydrogen) atoms. The molecule has 1 amide bonds. The van der Waals surface area contributed by atoms with E-state index in [0.29, 0.717) is 6.42 Å². The first-order chi connectivity index (χ1) is 10.1. The molecule has 6 nitrogen and oxygen atoms in total. The average Bonchev–Trinajstić information content (AvgIpc) is 3.19. The van der Waals surface area contributed by atoms with Crippen molar-refractivity contribution < 1.29 is 26.4 Å². The summed E-state index contributed by atoms with van der Waals surface area (Å²) in [5.41, 5.74) is -2.88. The van der Waals surface area contributed by atoms with Crippen LogP contribution in [-0.2, 0) is 20.5 Å². The molecule has 1 N–H and O–H groups in total. The minimum Gasteiger partial charge on any atom is -0.274 e. The first kappa shape index (κ1) is 16.4. The van der Waals surface area contributed by atoms with Crippen molar-refractivity contribution in [1.29, 1.82) is 0 Å². The Morgan fingerprint density at radius 1 is 1.23 bits per heavy atom. The Kier molecular flexibility index (Phi) is 3.98. The SMILES string of the molecule is CCCC(=O)NS(=O)(=O)c1ccc(C2(C(F)(F)F)N=N2)cc1. The van der Waals surface area contributed by atoms with Crippen LogP contribution in [0.4, 0.5) is 13.2 Å². The number of sulfonamides is 1. The molecule has 1 aromatic carbocycles. The van der Waals surface area contributed by atoms with Crippen LogP contribution in [0, 0.1) is 0 Å². The van der Waals surface area contributed by atoms with Crippen molar-refractivity contribution >= 4 is 15.9 Å². The minimum atomic E-state index is -4.68. The fraction of sp³-hybridized carbons (Fsp3) is 0.417. The first-order valence-corrected chi connectivity index (χ1v) is 7.78. The van der Waals surface area contributed by atoms with Gasteiger partial charge in [0.05, 0.1) is 4.90 Å². The van der Waals surface area contributed by atoms with Crippen LogP contribution in [0.5, 0.6) is 0 Å². The summed E-state index contributed by atoms with van der Waals surface area (Å²) in [6.45, 7) is 1.71. The molecular formula is C12H12F3N3O3S. The van der Waals surface area contributed by atoms with Crippen LogP contribution < -0.4 is 4.72 Å². The summed E-state index contributed by atoms with van der Waals surface area (Å²) in [6, 6.07) is 3.92. The maximum atomic E-state index is 12.8.